The van der Waals surface area contributed by atoms with E-state index in [1.54, 1.807) is 20.0 Å². The van der Waals surface area contributed by atoms with Gasteiger partial charge >= 0.3 is 0 Å². The molecule has 1 amide bonds. The van der Waals surface area contributed by atoms with Gasteiger partial charge in [0.15, 0.2) is 0 Å². The topological polar surface area (TPSA) is 52.6 Å². The first-order valence-electron chi connectivity index (χ1n) is 6.97. The zero-order chi connectivity index (χ0) is 14.7. The van der Waals surface area contributed by atoms with Gasteiger partial charge in [0.05, 0.1) is 12.0 Å². The number of carbonyl (C=O) groups is 1. The van der Waals surface area contributed by atoms with Crippen LogP contribution in [0.4, 0.5) is 10.1 Å². The molecule has 1 heterocycles. The van der Waals surface area contributed by atoms with Gasteiger partial charge in [0.1, 0.15) is 5.82 Å². The second-order valence-electron chi connectivity index (χ2n) is 5.28. The SMILES string of the molecule is CNC(=O)C1CCCN(c2ccc(F)cc2[C@@H](C)O)C1. The van der Waals surface area contributed by atoms with E-state index >= 15 is 0 Å². The highest BCUT2D eigenvalue weighted by atomic mass is 19.1. The van der Waals surface area contributed by atoms with Crippen LogP contribution < -0.4 is 10.2 Å². The number of aliphatic hydroxyl groups excluding tert-OH is 1. The second kappa shape index (κ2) is 6.22. The third-order valence-corrected chi connectivity index (χ3v) is 3.82. The average molecular weight is 280 g/mol. The van der Waals surface area contributed by atoms with E-state index in [1.807, 2.05) is 0 Å². The fraction of sp³-hybridized carbons (Fsp3) is 0.533. The summed E-state index contributed by atoms with van der Waals surface area (Å²) >= 11 is 0. The molecule has 1 aromatic carbocycles. The molecule has 0 radical (unpaired) electrons. The van der Waals surface area contributed by atoms with Gasteiger partial charge < -0.3 is 15.3 Å². The molecule has 0 saturated carbocycles. The number of carbonyl (C=O) groups excluding carboxylic acids is 1. The zero-order valence-electron chi connectivity index (χ0n) is 11.9. The van der Waals surface area contributed by atoms with Crippen molar-refractivity contribution < 1.29 is 14.3 Å². The largest absolute Gasteiger partial charge is 0.389 e. The number of benzene rings is 1. The van der Waals surface area contributed by atoms with Gasteiger partial charge in [-0.25, -0.2) is 4.39 Å². The second-order valence-corrected chi connectivity index (χ2v) is 5.28. The number of amides is 1. The predicted octanol–water partition coefficient (Wildman–Crippen LogP) is 1.84. The molecular formula is C15H21FN2O2. The molecule has 1 aromatic rings. The number of piperidine rings is 1. The molecule has 4 nitrogen and oxygen atoms in total. The van der Waals surface area contributed by atoms with Crippen molar-refractivity contribution >= 4 is 11.6 Å². The lowest BCUT2D eigenvalue weighted by Gasteiger charge is -2.35. The molecule has 5 heteroatoms. The highest BCUT2D eigenvalue weighted by Crippen LogP contribution is 2.30. The van der Waals surface area contributed by atoms with E-state index in [9.17, 15) is 14.3 Å². The minimum Gasteiger partial charge on any atom is -0.389 e. The molecule has 110 valence electrons. The number of halogens is 1. The van der Waals surface area contributed by atoms with Crippen LogP contribution in [0.1, 0.15) is 31.4 Å². The van der Waals surface area contributed by atoms with Gasteiger partial charge in [0, 0.05) is 31.4 Å². The summed E-state index contributed by atoms with van der Waals surface area (Å²) in [6.45, 7) is 3.04. The van der Waals surface area contributed by atoms with E-state index in [0.717, 1.165) is 25.1 Å². The molecule has 20 heavy (non-hydrogen) atoms. The van der Waals surface area contributed by atoms with Crippen LogP contribution in [0, 0.1) is 11.7 Å². The molecular weight excluding hydrogens is 259 g/mol. The van der Waals surface area contributed by atoms with Gasteiger partial charge in [-0.15, -0.1) is 0 Å². The van der Waals surface area contributed by atoms with Gasteiger partial charge in [-0.3, -0.25) is 4.79 Å². The van der Waals surface area contributed by atoms with Crippen LogP contribution in [-0.4, -0.2) is 31.2 Å². The van der Waals surface area contributed by atoms with E-state index in [0.29, 0.717) is 12.1 Å². The van der Waals surface area contributed by atoms with Crippen molar-refractivity contribution in [2.75, 3.05) is 25.0 Å². The number of nitrogens with zero attached hydrogens (tertiary/aromatic N) is 1. The summed E-state index contributed by atoms with van der Waals surface area (Å²) in [4.78, 5) is 13.8. The third-order valence-electron chi connectivity index (χ3n) is 3.82. The molecule has 1 fully saturated rings. The number of anilines is 1. The zero-order valence-corrected chi connectivity index (χ0v) is 11.9. The van der Waals surface area contributed by atoms with Crippen molar-refractivity contribution in [3.63, 3.8) is 0 Å². The van der Waals surface area contributed by atoms with E-state index < -0.39 is 6.10 Å². The fourth-order valence-electron chi connectivity index (χ4n) is 2.76. The first kappa shape index (κ1) is 14.8. The number of hydrogen-bond acceptors (Lipinski definition) is 3. The Kier molecular flexibility index (Phi) is 4.60. The van der Waals surface area contributed by atoms with Crippen molar-refractivity contribution in [3.8, 4) is 0 Å². The molecule has 1 aliphatic heterocycles. The van der Waals surface area contributed by atoms with Crippen LogP contribution in [0.5, 0.6) is 0 Å². The minimum absolute atomic E-state index is 0.0374. The van der Waals surface area contributed by atoms with Gasteiger partial charge in [-0.2, -0.15) is 0 Å². The van der Waals surface area contributed by atoms with Crippen LogP contribution >= 0.6 is 0 Å². The minimum atomic E-state index is -0.735. The molecule has 2 atom stereocenters. The van der Waals surface area contributed by atoms with Gasteiger partial charge in [0.2, 0.25) is 5.91 Å². The Morgan fingerprint density at radius 3 is 2.95 bits per heavy atom. The quantitative estimate of drug-likeness (QED) is 0.888. The molecule has 0 bridgehead atoms. The van der Waals surface area contributed by atoms with Gasteiger partial charge in [-0.1, -0.05) is 0 Å². The Bertz CT molecular complexity index is 491. The van der Waals surface area contributed by atoms with Crippen LogP contribution in [0.3, 0.4) is 0 Å². The predicted molar refractivity (Wildman–Crippen MR) is 76.0 cm³/mol. The Morgan fingerprint density at radius 2 is 2.30 bits per heavy atom. The van der Waals surface area contributed by atoms with Crippen molar-refractivity contribution in [2.24, 2.45) is 5.92 Å². The first-order valence-corrected chi connectivity index (χ1v) is 6.97. The van der Waals surface area contributed by atoms with Crippen molar-refractivity contribution in [2.45, 2.75) is 25.9 Å². The summed E-state index contributed by atoms with van der Waals surface area (Å²) in [6, 6.07) is 4.44. The Labute approximate surface area is 118 Å². The highest BCUT2D eigenvalue weighted by molar-refractivity contribution is 5.79. The summed E-state index contributed by atoms with van der Waals surface area (Å²) in [5.41, 5.74) is 1.39. The number of nitrogens with one attached hydrogen (secondary N) is 1. The smallest absolute Gasteiger partial charge is 0.224 e. The highest BCUT2D eigenvalue weighted by Gasteiger charge is 2.26. The van der Waals surface area contributed by atoms with Crippen molar-refractivity contribution in [1.82, 2.24) is 5.32 Å². The maximum absolute atomic E-state index is 13.3. The standard InChI is InChI=1S/C15H21FN2O2/c1-10(19)13-8-12(16)5-6-14(13)18-7-3-4-11(9-18)15(20)17-2/h5-6,8,10-11,19H,3-4,7,9H2,1-2H3,(H,17,20)/t10-,11?/m1/s1. The first-order chi connectivity index (χ1) is 9.52. The van der Waals surface area contributed by atoms with Crippen molar-refractivity contribution in [1.29, 1.82) is 0 Å². The lowest BCUT2D eigenvalue weighted by atomic mass is 9.95. The Balaban J connectivity index is 2.24. The molecule has 1 aliphatic rings. The summed E-state index contributed by atoms with van der Waals surface area (Å²) in [6.07, 6.45) is 1.04. The summed E-state index contributed by atoms with van der Waals surface area (Å²) < 4.78 is 13.3. The van der Waals surface area contributed by atoms with Gasteiger partial charge in [-0.05, 0) is 38.0 Å². The molecule has 2 N–H and O–H groups in total. The Morgan fingerprint density at radius 1 is 1.55 bits per heavy atom. The molecule has 0 spiro atoms. The normalized spacial score (nSPS) is 20.6. The van der Waals surface area contributed by atoms with E-state index in [4.69, 9.17) is 0 Å². The third kappa shape index (κ3) is 3.10. The van der Waals surface area contributed by atoms with E-state index in [-0.39, 0.29) is 17.6 Å². The number of aliphatic hydroxyl groups is 1. The average Bonchev–Trinajstić information content (AvgIpc) is 2.46. The molecule has 1 unspecified atom stereocenters. The van der Waals surface area contributed by atoms with Crippen molar-refractivity contribution in [3.05, 3.63) is 29.6 Å². The van der Waals surface area contributed by atoms with Crippen LogP contribution in [0.15, 0.2) is 18.2 Å². The number of rotatable bonds is 3. The van der Waals surface area contributed by atoms with Gasteiger partial charge in [0.25, 0.3) is 0 Å². The summed E-state index contributed by atoms with van der Waals surface area (Å²) in [5.74, 6) is -0.374. The molecule has 2 rings (SSSR count). The summed E-state index contributed by atoms with van der Waals surface area (Å²) in [5, 5.41) is 12.5. The molecule has 0 aromatic heterocycles. The van der Waals surface area contributed by atoms with Crippen LogP contribution in [-0.2, 0) is 4.79 Å². The van der Waals surface area contributed by atoms with Crippen LogP contribution in [0.2, 0.25) is 0 Å². The van der Waals surface area contributed by atoms with E-state index in [2.05, 4.69) is 10.2 Å². The number of hydrogen-bond donors (Lipinski definition) is 2. The summed E-state index contributed by atoms with van der Waals surface area (Å²) in [7, 11) is 1.64. The molecule has 1 saturated heterocycles. The Hall–Kier alpha value is -1.62. The fourth-order valence-corrected chi connectivity index (χ4v) is 2.76. The molecule has 0 aliphatic carbocycles. The van der Waals surface area contributed by atoms with E-state index in [1.165, 1.54) is 12.1 Å². The monoisotopic (exact) mass is 280 g/mol. The maximum Gasteiger partial charge on any atom is 0.224 e. The lowest BCUT2D eigenvalue weighted by molar-refractivity contribution is -0.124. The maximum atomic E-state index is 13.3. The lowest BCUT2D eigenvalue weighted by Crippen LogP contribution is -2.42. The van der Waals surface area contributed by atoms with Crippen LogP contribution in [0.25, 0.3) is 0 Å².